The number of benzene rings is 15. The highest BCUT2D eigenvalue weighted by Gasteiger charge is 2.29. The van der Waals surface area contributed by atoms with Crippen LogP contribution in [0.1, 0.15) is 142 Å². The van der Waals surface area contributed by atoms with Crippen molar-refractivity contribution in [2.45, 2.75) is 66.6 Å². The van der Waals surface area contributed by atoms with Gasteiger partial charge in [0.15, 0.2) is 0 Å². The van der Waals surface area contributed by atoms with Gasteiger partial charge in [0, 0.05) is 70.2 Å². The van der Waals surface area contributed by atoms with Gasteiger partial charge >= 0.3 is 0 Å². The molecule has 10 N–H and O–H groups in total. The molecule has 3 atom stereocenters. The summed E-state index contributed by atoms with van der Waals surface area (Å²) in [6.45, 7) is 35.7. The van der Waals surface area contributed by atoms with Gasteiger partial charge in [-0.25, -0.2) is 19.7 Å². The zero-order valence-corrected chi connectivity index (χ0v) is 91.6. The van der Waals surface area contributed by atoms with Gasteiger partial charge in [-0.3, -0.25) is 24.0 Å². The minimum Gasteiger partial charge on any atom is -0.507 e. The predicted octanol–water partition coefficient (Wildman–Crippen LogP) is 33.9. The maximum absolute atomic E-state index is 12.8. The van der Waals surface area contributed by atoms with Crippen molar-refractivity contribution in [1.29, 1.82) is 0 Å². The van der Waals surface area contributed by atoms with Crippen molar-refractivity contribution < 1.29 is 59.0 Å². The Morgan fingerprint density at radius 1 is 0.289 bits per heavy atom. The van der Waals surface area contributed by atoms with Gasteiger partial charge in [0.2, 0.25) is 0 Å². The zero-order valence-electron chi connectivity index (χ0n) is 75.4. The van der Waals surface area contributed by atoms with Gasteiger partial charge in [0.25, 0.3) is 47.7 Å². The molecule has 5 amide bonds. The molecule has 142 heavy (non-hydrogen) atoms. The molecular weight excluding hydrogens is 2460 g/mol. The average molecular weight is 2540 g/mol. The van der Waals surface area contributed by atoms with Crippen molar-refractivity contribution in [3.63, 3.8) is 0 Å². The molecule has 0 aliphatic heterocycles. The summed E-state index contributed by atoms with van der Waals surface area (Å²) >= 11 is 69.5. The van der Waals surface area contributed by atoms with E-state index in [9.17, 15) is 49.5 Å². The molecule has 34 heteroatoms. The molecule has 0 saturated heterocycles. The highest BCUT2D eigenvalue weighted by Crippen LogP contribution is 2.43. The first-order valence-electron chi connectivity index (χ1n) is 42.0. The van der Waals surface area contributed by atoms with Gasteiger partial charge in [0.05, 0.1) is 83.9 Å². The third-order valence-electron chi connectivity index (χ3n) is 21.0. The van der Waals surface area contributed by atoms with Crippen molar-refractivity contribution in [2.75, 3.05) is 26.6 Å². The molecular formula is C108H78Cl10I4N8O12. The van der Waals surface area contributed by atoms with Gasteiger partial charge in [-0.2, -0.15) is 0 Å². The van der Waals surface area contributed by atoms with Crippen molar-refractivity contribution in [3.05, 3.63) is 466 Å². The monoisotopic (exact) mass is 2540 g/mol. The molecule has 0 aromatic heterocycles. The van der Waals surface area contributed by atoms with Gasteiger partial charge in [0.1, 0.15) is 51.7 Å². The Balaban J connectivity index is 0.000000170. The zero-order chi connectivity index (χ0) is 103. The topological polar surface area (TPSA) is 278 Å². The number of phenols is 5. The van der Waals surface area contributed by atoms with Gasteiger partial charge < -0.3 is 76.1 Å². The third-order valence-corrected chi connectivity index (χ3v) is 27.2. The summed E-state index contributed by atoms with van der Waals surface area (Å²) in [5.41, 5.74) is 13.6. The number of para-hydroxylation sites is 1. The molecule has 0 radical (unpaired) electrons. The molecule has 0 aliphatic carbocycles. The molecule has 15 aromatic carbocycles. The van der Waals surface area contributed by atoms with Crippen LogP contribution in [0.25, 0.3) is 14.5 Å². The highest BCUT2D eigenvalue weighted by molar-refractivity contribution is 14.1. The Bertz CT molecular complexity index is 7460. The summed E-state index contributed by atoms with van der Waals surface area (Å²) in [5.74, 6) is -0.351. The van der Waals surface area contributed by atoms with Gasteiger partial charge in [-0.1, -0.05) is 128 Å². The third kappa shape index (κ3) is 29.7. The second kappa shape index (κ2) is 51.2. The number of phenolic OH excluding ortho intramolecular Hbond substituents is 5. The number of hydrogen-bond acceptors (Lipinski definition) is 12. The smallest absolute Gasteiger partial charge is 0.275 e. The van der Waals surface area contributed by atoms with Crippen LogP contribution in [-0.4, -0.2) is 55.1 Å². The normalized spacial score (nSPS) is 11.2. The lowest BCUT2D eigenvalue weighted by Crippen LogP contribution is -2.14. The van der Waals surface area contributed by atoms with Crippen LogP contribution in [0.2, 0.25) is 50.2 Å². The molecule has 0 fully saturated rings. The number of nitrogens with one attached hydrogen (secondary N) is 5. The summed E-state index contributed by atoms with van der Waals surface area (Å²) in [6, 6.07) is 73.4. The largest absolute Gasteiger partial charge is 0.507 e. The van der Waals surface area contributed by atoms with E-state index in [4.69, 9.17) is 145 Å². The number of rotatable bonds is 20. The summed E-state index contributed by atoms with van der Waals surface area (Å²) in [6.07, 6.45) is 0. The van der Waals surface area contributed by atoms with Crippen LogP contribution in [0.4, 0.5) is 28.4 Å². The summed E-state index contributed by atoms with van der Waals surface area (Å²) in [5, 5.41) is 69.3. The summed E-state index contributed by atoms with van der Waals surface area (Å²) in [7, 11) is 0. The molecule has 0 saturated carbocycles. The average Bonchev–Trinajstić information content (AvgIpc) is 0.798. The van der Waals surface area contributed by atoms with Gasteiger partial charge in [-0.05, 0) is 433 Å². The minimum atomic E-state index is -0.583. The lowest BCUT2D eigenvalue weighted by Gasteiger charge is -2.15. The Hall–Kier alpha value is -11.5. The number of anilines is 5. The summed E-state index contributed by atoms with van der Waals surface area (Å²) in [4.78, 5) is 74.1. The molecule has 0 bridgehead atoms. The molecule has 3 unspecified atom stereocenters. The highest BCUT2D eigenvalue weighted by atomic mass is 127. The number of carbonyl (C=O) groups is 5. The molecule has 15 rings (SSSR count). The maximum atomic E-state index is 12.8. The fourth-order valence-electron chi connectivity index (χ4n) is 13.9. The summed E-state index contributed by atoms with van der Waals surface area (Å²) < 4.78 is 13.9. The van der Waals surface area contributed by atoms with E-state index in [1.807, 2.05) is 139 Å². The standard InChI is InChI=1S/C23H17Cl2IN2O2.C22H15Cl2IN2O2.C22H16Cl2N2O2.C21H16Cl2INO3.C20H14Cl2INO3/c1-12-8-17(22(29)19(26)9-12)23(30)28-20-11-18(25)16(10-13(20)2)21(27-3)14-4-6-15(24)7-5-14;1-12-9-17(21(28)19(25)10-12)22(29)27-15-7-8-16(18(24)11-15)20(26-2)13-3-5-14(23)6-4-13;1-13-11-17(21(25-2)14-7-9-15(23)10-8-14)18(24)12-19(13)26-22(28)16-5-3-4-6-20(16)27;1-11-7-15(20(26)17(24)8-11)21(27)25-18-10-16(23)19(9-12(18)2)28-14-5-3-13(22)4-6-14;1-11-8-15(19(25)17(23)9-11)20(26)24-13-4-7-18(16(22)10-13)27-14-5-2-12(21)3-6-14/h4-11,21,29H,1-2H3,(H,28,30);3-11,20,28H,1H3,(H,27,29);3-12,21,27H,1H3,(H,26,28);3-10,26H,1-2H3,(H,25,27);2-10,25H,1H3,(H,24,26). The first kappa shape index (κ1) is 111. The number of halogens is 14. The molecule has 0 aliphatic rings. The lowest BCUT2D eigenvalue weighted by molar-refractivity contribution is 0.101. The SMILES string of the molecule is Cc1cc(I)c(O)c(C(=O)Nc2cc(Cl)c(Oc3ccc(Cl)cc3)cc2C)c1.Cc1cc(I)c(O)c(C(=O)Nc2ccc(Oc3ccc(Cl)cc3)c(Cl)c2)c1.[C-]#[N+]C(c1ccc(Cl)cc1)c1cc(C)c(NC(=O)c2cc(C)cc(I)c2O)cc1Cl.[C-]#[N+]C(c1ccc(Cl)cc1)c1cc(C)c(NC(=O)c2ccccc2O)cc1Cl.[C-]#[N+]C(c1ccc(Cl)cc1)c1ccc(NC(=O)c2cc(C)cc(I)c2O)cc1Cl. The molecule has 15 aromatic rings. The van der Waals surface area contributed by atoms with E-state index in [0.29, 0.717) is 133 Å². The van der Waals surface area contributed by atoms with Crippen molar-refractivity contribution in [3.8, 4) is 51.7 Å². The Labute approximate surface area is 923 Å². The fourth-order valence-corrected chi connectivity index (χ4v) is 18.9. The van der Waals surface area contributed by atoms with E-state index in [1.165, 1.54) is 12.1 Å². The van der Waals surface area contributed by atoms with E-state index in [2.05, 4.69) is 41.1 Å². The van der Waals surface area contributed by atoms with Crippen LogP contribution in [-0.2, 0) is 0 Å². The van der Waals surface area contributed by atoms with E-state index in [0.717, 1.165) is 55.6 Å². The van der Waals surface area contributed by atoms with Crippen LogP contribution in [0.3, 0.4) is 0 Å². The molecule has 720 valence electrons. The number of nitrogens with zero attached hydrogens (tertiary/aromatic N) is 3. The van der Waals surface area contributed by atoms with Crippen LogP contribution in [0.15, 0.2) is 267 Å². The number of ether oxygens (including phenoxy) is 2. The van der Waals surface area contributed by atoms with Crippen molar-refractivity contribution in [2.24, 2.45) is 0 Å². The number of carbonyl (C=O) groups excluding carboxylic acids is 5. The lowest BCUT2D eigenvalue weighted by atomic mass is 9.97. The second-order valence-corrected chi connectivity index (χ2v) is 40.4. The Morgan fingerprint density at radius 3 is 0.894 bits per heavy atom. The van der Waals surface area contributed by atoms with Gasteiger partial charge in [-0.15, -0.1) is 0 Å². The Kier molecular flexibility index (Phi) is 40.0. The van der Waals surface area contributed by atoms with E-state index >= 15 is 0 Å². The van der Waals surface area contributed by atoms with Crippen LogP contribution < -0.4 is 36.1 Å². The van der Waals surface area contributed by atoms with E-state index < -0.39 is 47.7 Å². The maximum Gasteiger partial charge on any atom is 0.275 e. The Morgan fingerprint density at radius 2 is 0.563 bits per heavy atom. The number of hydrogen-bond donors (Lipinski definition) is 10. The van der Waals surface area contributed by atoms with Crippen molar-refractivity contribution in [1.82, 2.24) is 0 Å². The van der Waals surface area contributed by atoms with Crippen LogP contribution >= 0.6 is 206 Å². The number of amides is 5. The van der Waals surface area contributed by atoms with E-state index in [-0.39, 0.29) is 56.6 Å². The van der Waals surface area contributed by atoms with Crippen LogP contribution in [0.5, 0.6) is 51.7 Å². The fraction of sp³-hybridized carbons (Fsp3) is 0.0926. The van der Waals surface area contributed by atoms with E-state index in [1.54, 1.807) is 255 Å². The second-order valence-electron chi connectivity index (χ2n) is 31.6. The van der Waals surface area contributed by atoms with Crippen LogP contribution in [0, 0.1) is 82.5 Å². The molecule has 0 spiro atoms. The first-order valence-corrected chi connectivity index (χ1v) is 50.1. The predicted molar refractivity (Wildman–Crippen MR) is 604 cm³/mol. The quantitative estimate of drug-likeness (QED) is 0.0252. The minimum absolute atomic E-state index is 0.0462. The molecule has 20 nitrogen and oxygen atoms in total. The molecule has 0 heterocycles. The number of aromatic hydroxyl groups is 5. The first-order chi connectivity index (χ1) is 67.5. The number of aryl methyl sites for hydroxylation is 7. The van der Waals surface area contributed by atoms with Crippen molar-refractivity contribution >= 4 is 264 Å².